The van der Waals surface area contributed by atoms with Crippen LogP contribution in [0.3, 0.4) is 0 Å². The molecule has 2 N–H and O–H groups in total. The molecule has 7 nitrogen and oxygen atoms in total. The third kappa shape index (κ3) is 3.30. The summed E-state index contributed by atoms with van der Waals surface area (Å²) in [6.07, 6.45) is 4.93. The molecular formula is C18H17N3O4. The van der Waals surface area contributed by atoms with Gasteiger partial charge in [-0.3, -0.25) is 14.6 Å². The number of rotatable bonds is 5. The highest BCUT2D eigenvalue weighted by atomic mass is 16.5. The second-order valence-corrected chi connectivity index (χ2v) is 5.58. The second kappa shape index (κ2) is 6.64. The van der Waals surface area contributed by atoms with Crippen molar-refractivity contribution >= 4 is 22.4 Å². The van der Waals surface area contributed by atoms with Gasteiger partial charge in [0, 0.05) is 43.0 Å². The number of pyridine rings is 2. The molecule has 2 aromatic heterocycles. The third-order valence-electron chi connectivity index (χ3n) is 3.88. The fourth-order valence-corrected chi connectivity index (χ4v) is 2.69. The van der Waals surface area contributed by atoms with E-state index >= 15 is 0 Å². The normalized spacial score (nSPS) is 10.6. The Bertz CT molecular complexity index is 1010. The molecular weight excluding hydrogens is 322 g/mol. The molecule has 7 heteroatoms. The van der Waals surface area contributed by atoms with Crippen LogP contribution in [0.15, 0.2) is 47.7 Å². The minimum atomic E-state index is -0.956. The number of hydrogen-bond donors (Lipinski definition) is 2. The van der Waals surface area contributed by atoms with Gasteiger partial charge < -0.3 is 19.7 Å². The Hall–Kier alpha value is -3.35. The van der Waals surface area contributed by atoms with Crippen LogP contribution in [0.2, 0.25) is 0 Å². The van der Waals surface area contributed by atoms with Gasteiger partial charge in [0.05, 0.1) is 12.5 Å². The number of carboxylic acid groups (broad SMARTS) is 1. The van der Waals surface area contributed by atoms with E-state index in [9.17, 15) is 9.59 Å². The van der Waals surface area contributed by atoms with E-state index in [0.717, 1.165) is 16.5 Å². The number of anilines is 1. The minimum absolute atomic E-state index is 0.126. The van der Waals surface area contributed by atoms with Gasteiger partial charge in [-0.1, -0.05) is 0 Å². The molecule has 128 valence electrons. The summed E-state index contributed by atoms with van der Waals surface area (Å²) in [6, 6.07) is 7.17. The van der Waals surface area contributed by atoms with Gasteiger partial charge in [0.15, 0.2) is 0 Å². The highest BCUT2D eigenvalue weighted by Gasteiger charge is 2.11. The zero-order valence-corrected chi connectivity index (χ0v) is 13.8. The average Bonchev–Trinajstić information content (AvgIpc) is 2.62. The highest BCUT2D eigenvalue weighted by Crippen LogP contribution is 2.32. The number of fused-ring (bicyclic) bond motifs is 1. The van der Waals surface area contributed by atoms with Crippen molar-refractivity contribution in [3.05, 3.63) is 53.2 Å². The Kier molecular flexibility index (Phi) is 4.38. The van der Waals surface area contributed by atoms with E-state index in [4.69, 9.17) is 9.84 Å². The standard InChI is InChI=1S/C18H17N3O4/c1-21-10-16(14-3-4-19-8-15(14)18(21)24)11-5-12(20-9-17(22)23)7-13(6-11)25-2/h3-8,10,20H,9H2,1-2H3,(H,22,23). The molecule has 3 aromatic rings. The predicted octanol–water partition coefficient (Wildman–Crippen LogP) is 2.11. The van der Waals surface area contributed by atoms with Crippen molar-refractivity contribution < 1.29 is 14.6 Å². The van der Waals surface area contributed by atoms with Crippen LogP contribution < -0.4 is 15.6 Å². The summed E-state index contributed by atoms with van der Waals surface area (Å²) >= 11 is 0. The lowest BCUT2D eigenvalue weighted by Gasteiger charge is -2.13. The van der Waals surface area contributed by atoms with E-state index in [1.807, 2.05) is 12.1 Å². The smallest absolute Gasteiger partial charge is 0.322 e. The van der Waals surface area contributed by atoms with E-state index in [1.165, 1.54) is 4.57 Å². The molecule has 1 aromatic carbocycles. The Morgan fingerprint density at radius 1 is 1.32 bits per heavy atom. The van der Waals surface area contributed by atoms with E-state index in [0.29, 0.717) is 16.8 Å². The number of aliphatic carboxylic acids is 1. The summed E-state index contributed by atoms with van der Waals surface area (Å²) in [5.74, 6) is -0.371. The molecule has 0 saturated carbocycles. The first-order valence-electron chi connectivity index (χ1n) is 7.58. The Labute approximate surface area is 143 Å². The summed E-state index contributed by atoms with van der Waals surface area (Å²) in [4.78, 5) is 27.1. The van der Waals surface area contributed by atoms with E-state index in [-0.39, 0.29) is 12.1 Å². The first kappa shape index (κ1) is 16.5. The fourth-order valence-electron chi connectivity index (χ4n) is 2.69. The van der Waals surface area contributed by atoms with Crippen LogP contribution in [-0.2, 0) is 11.8 Å². The van der Waals surface area contributed by atoms with Crippen molar-refractivity contribution in [1.29, 1.82) is 0 Å². The van der Waals surface area contributed by atoms with Gasteiger partial charge in [0.2, 0.25) is 0 Å². The number of nitrogens with one attached hydrogen (secondary N) is 1. The minimum Gasteiger partial charge on any atom is -0.497 e. The molecule has 0 fully saturated rings. The first-order valence-corrected chi connectivity index (χ1v) is 7.58. The van der Waals surface area contributed by atoms with Crippen molar-refractivity contribution in [2.24, 2.45) is 7.05 Å². The molecule has 2 heterocycles. The molecule has 0 aliphatic carbocycles. The van der Waals surface area contributed by atoms with Crippen molar-refractivity contribution in [2.75, 3.05) is 19.0 Å². The lowest BCUT2D eigenvalue weighted by Crippen LogP contribution is -2.16. The van der Waals surface area contributed by atoms with Crippen LogP contribution in [0, 0.1) is 0 Å². The lowest BCUT2D eigenvalue weighted by atomic mass is 10.0. The topological polar surface area (TPSA) is 93.5 Å². The number of aromatic nitrogens is 2. The van der Waals surface area contributed by atoms with Crippen molar-refractivity contribution in [1.82, 2.24) is 9.55 Å². The Morgan fingerprint density at radius 2 is 2.12 bits per heavy atom. The number of methoxy groups -OCH3 is 1. The van der Waals surface area contributed by atoms with Gasteiger partial charge in [-0.25, -0.2) is 0 Å². The van der Waals surface area contributed by atoms with Crippen LogP contribution in [0.4, 0.5) is 5.69 Å². The summed E-state index contributed by atoms with van der Waals surface area (Å²) in [7, 11) is 3.23. The van der Waals surface area contributed by atoms with Gasteiger partial charge in [-0.05, 0) is 29.1 Å². The fraction of sp³-hybridized carbons (Fsp3) is 0.167. The molecule has 0 unspecified atom stereocenters. The molecule has 0 atom stereocenters. The molecule has 0 aliphatic heterocycles. The predicted molar refractivity (Wildman–Crippen MR) is 95.1 cm³/mol. The monoisotopic (exact) mass is 339 g/mol. The maximum Gasteiger partial charge on any atom is 0.322 e. The maximum atomic E-state index is 12.3. The van der Waals surface area contributed by atoms with E-state index < -0.39 is 5.97 Å². The van der Waals surface area contributed by atoms with Crippen LogP contribution in [0.25, 0.3) is 21.9 Å². The molecule has 0 bridgehead atoms. The lowest BCUT2D eigenvalue weighted by molar-refractivity contribution is -0.134. The van der Waals surface area contributed by atoms with Gasteiger partial charge in [-0.2, -0.15) is 0 Å². The SMILES string of the molecule is COc1cc(NCC(=O)O)cc(-c2cn(C)c(=O)c3cnccc23)c1. The number of nitrogens with zero attached hydrogens (tertiary/aromatic N) is 2. The zero-order chi connectivity index (χ0) is 18.0. The number of carbonyl (C=O) groups is 1. The number of carboxylic acids is 1. The molecule has 3 rings (SSSR count). The maximum absolute atomic E-state index is 12.3. The zero-order valence-electron chi connectivity index (χ0n) is 13.8. The number of hydrogen-bond acceptors (Lipinski definition) is 5. The van der Waals surface area contributed by atoms with Crippen LogP contribution in [-0.4, -0.2) is 34.3 Å². The first-order chi connectivity index (χ1) is 12.0. The largest absolute Gasteiger partial charge is 0.497 e. The summed E-state index contributed by atoms with van der Waals surface area (Å²) in [5.41, 5.74) is 2.13. The van der Waals surface area contributed by atoms with E-state index in [2.05, 4.69) is 10.3 Å². The number of ether oxygens (including phenoxy) is 1. The van der Waals surface area contributed by atoms with Crippen molar-refractivity contribution in [3.8, 4) is 16.9 Å². The quantitative estimate of drug-likeness (QED) is 0.739. The summed E-state index contributed by atoms with van der Waals surface area (Å²) in [6.45, 7) is -0.204. The van der Waals surface area contributed by atoms with E-state index in [1.54, 1.807) is 44.9 Å². The van der Waals surface area contributed by atoms with Crippen LogP contribution in [0.5, 0.6) is 5.75 Å². The molecule has 0 aliphatic rings. The Balaban J connectivity index is 2.20. The van der Waals surface area contributed by atoms with Crippen LogP contribution >= 0.6 is 0 Å². The molecule has 0 amide bonds. The van der Waals surface area contributed by atoms with Gasteiger partial charge in [0.25, 0.3) is 5.56 Å². The van der Waals surface area contributed by atoms with Crippen molar-refractivity contribution in [2.45, 2.75) is 0 Å². The number of benzene rings is 1. The van der Waals surface area contributed by atoms with Gasteiger partial charge >= 0.3 is 5.97 Å². The Morgan fingerprint density at radius 3 is 2.84 bits per heavy atom. The average molecular weight is 339 g/mol. The molecule has 0 saturated heterocycles. The molecule has 0 radical (unpaired) electrons. The summed E-state index contributed by atoms with van der Waals surface area (Å²) < 4.78 is 6.82. The van der Waals surface area contributed by atoms with Gasteiger partial charge in [0.1, 0.15) is 12.3 Å². The molecule has 0 spiro atoms. The summed E-state index contributed by atoms with van der Waals surface area (Å²) in [5, 5.41) is 13.0. The molecule has 25 heavy (non-hydrogen) atoms. The third-order valence-corrected chi connectivity index (χ3v) is 3.88. The van der Waals surface area contributed by atoms with Crippen molar-refractivity contribution in [3.63, 3.8) is 0 Å². The number of aryl methyl sites for hydroxylation is 1. The highest BCUT2D eigenvalue weighted by molar-refractivity contribution is 5.96. The second-order valence-electron chi connectivity index (χ2n) is 5.58. The van der Waals surface area contributed by atoms with Gasteiger partial charge in [-0.15, -0.1) is 0 Å². The van der Waals surface area contributed by atoms with Crippen LogP contribution in [0.1, 0.15) is 0 Å².